The Labute approximate surface area is 242 Å². The van der Waals surface area contributed by atoms with Gasteiger partial charge in [-0.3, -0.25) is 14.6 Å². The highest BCUT2D eigenvalue weighted by Crippen LogP contribution is 2.38. The van der Waals surface area contributed by atoms with Crippen molar-refractivity contribution in [2.45, 2.75) is 51.7 Å². The maximum Gasteiger partial charge on any atom is 0.415 e. The van der Waals surface area contributed by atoms with Crippen molar-refractivity contribution in [3.8, 4) is 16.9 Å². The Morgan fingerprint density at radius 1 is 1.02 bits per heavy atom. The van der Waals surface area contributed by atoms with Gasteiger partial charge in [0.2, 0.25) is 0 Å². The molecule has 1 amide bonds. The Hall–Kier alpha value is -4.05. The van der Waals surface area contributed by atoms with Crippen molar-refractivity contribution in [2.75, 3.05) is 31.1 Å². The maximum absolute atomic E-state index is 14.9. The third kappa shape index (κ3) is 6.09. The molecule has 10 heteroatoms. The van der Waals surface area contributed by atoms with Gasteiger partial charge in [0.05, 0.1) is 19.6 Å². The molecule has 2 fully saturated rings. The average Bonchev–Trinajstić information content (AvgIpc) is 3.15. The number of carboxylic acid groups (broad SMARTS) is 1. The topological polar surface area (TPSA) is 79.3 Å². The number of aliphatic carboxylic acids is 1. The van der Waals surface area contributed by atoms with E-state index in [1.54, 1.807) is 35.2 Å². The fraction of sp³-hybridized carbons (Fsp3) is 0.375. The molecule has 0 radical (unpaired) electrons. The molecule has 1 N–H and O–H groups in total. The number of amides is 1. The zero-order chi connectivity index (χ0) is 30.0. The fourth-order valence-corrected chi connectivity index (χ4v) is 5.83. The molecule has 3 aromatic rings. The molecule has 1 spiro atoms. The summed E-state index contributed by atoms with van der Waals surface area (Å²) in [6.07, 6.45) is 1.45. The van der Waals surface area contributed by atoms with Gasteiger partial charge in [-0.2, -0.15) is 0 Å². The number of halogens is 3. The molecule has 0 aliphatic carbocycles. The van der Waals surface area contributed by atoms with Gasteiger partial charge in [-0.05, 0) is 91.9 Å². The third-order valence-electron chi connectivity index (χ3n) is 7.98. The number of aryl methyl sites for hydroxylation is 1. The summed E-state index contributed by atoms with van der Waals surface area (Å²) in [7, 11) is 0. The van der Waals surface area contributed by atoms with Gasteiger partial charge in [0.25, 0.3) is 0 Å². The van der Waals surface area contributed by atoms with Gasteiger partial charge in [-0.1, -0.05) is 12.1 Å². The van der Waals surface area contributed by atoms with Crippen LogP contribution in [0.25, 0.3) is 11.1 Å². The van der Waals surface area contributed by atoms with E-state index in [4.69, 9.17) is 14.6 Å². The lowest BCUT2D eigenvalue weighted by atomic mass is 9.94. The SMILES string of the molecule is CCOc1cc(CN2CCCC3(CC2)CN(c2ccc(CC(=O)O)cc2)C(=O)O3)c(-c2ccc(F)c(F)c2F)cc1C. The zero-order valence-corrected chi connectivity index (χ0v) is 23.6. The first-order chi connectivity index (χ1) is 20.1. The van der Waals surface area contributed by atoms with Crippen LogP contribution in [0.4, 0.5) is 23.7 Å². The van der Waals surface area contributed by atoms with E-state index in [9.17, 15) is 22.8 Å². The maximum atomic E-state index is 14.9. The molecule has 42 heavy (non-hydrogen) atoms. The number of likely N-dealkylation sites (tertiary alicyclic amines) is 1. The predicted octanol–water partition coefficient (Wildman–Crippen LogP) is 6.49. The lowest BCUT2D eigenvalue weighted by Gasteiger charge is -2.26. The Kier molecular flexibility index (Phi) is 8.45. The first-order valence-electron chi connectivity index (χ1n) is 14.0. The van der Waals surface area contributed by atoms with E-state index in [0.717, 1.165) is 23.6 Å². The molecule has 0 aromatic heterocycles. The van der Waals surface area contributed by atoms with Crippen LogP contribution < -0.4 is 9.64 Å². The van der Waals surface area contributed by atoms with Crippen molar-refractivity contribution in [3.63, 3.8) is 0 Å². The molecule has 2 saturated heterocycles. The molecule has 3 aromatic carbocycles. The van der Waals surface area contributed by atoms with Gasteiger partial charge in [0.1, 0.15) is 11.4 Å². The number of ether oxygens (including phenoxy) is 2. The standard InChI is InChI=1S/C32H33F3N2O5/c1-3-41-27-17-22(25(15-20(27)2)24-9-10-26(33)30(35)29(24)34)18-36-13-4-11-32(12-14-36)19-37(31(40)42-32)23-7-5-21(6-8-23)16-28(38)39/h5-10,15,17H,3-4,11-14,16,18-19H2,1-2H3,(H,38,39). The molecule has 2 aliphatic heterocycles. The van der Waals surface area contributed by atoms with Crippen LogP contribution in [0, 0.1) is 24.4 Å². The summed E-state index contributed by atoms with van der Waals surface area (Å²) >= 11 is 0. The number of hydrogen-bond acceptors (Lipinski definition) is 5. The van der Waals surface area contributed by atoms with Gasteiger partial charge in [-0.15, -0.1) is 0 Å². The molecule has 2 aliphatic rings. The quantitative estimate of drug-likeness (QED) is 0.306. The largest absolute Gasteiger partial charge is 0.494 e. The van der Waals surface area contributed by atoms with E-state index in [0.29, 0.717) is 68.2 Å². The molecule has 5 rings (SSSR count). The zero-order valence-electron chi connectivity index (χ0n) is 23.6. The molecular formula is C32H33F3N2O5. The first-order valence-corrected chi connectivity index (χ1v) is 14.0. The van der Waals surface area contributed by atoms with Gasteiger partial charge in [-0.25, -0.2) is 18.0 Å². The predicted molar refractivity (Wildman–Crippen MR) is 151 cm³/mol. The molecule has 2 heterocycles. The van der Waals surface area contributed by atoms with Gasteiger partial charge >= 0.3 is 12.1 Å². The number of rotatable bonds is 8. The Morgan fingerprint density at radius 3 is 2.50 bits per heavy atom. The molecule has 1 atom stereocenters. The number of benzene rings is 3. The number of carbonyl (C=O) groups is 2. The van der Waals surface area contributed by atoms with Crippen molar-refractivity contribution < 1.29 is 37.3 Å². The fourth-order valence-electron chi connectivity index (χ4n) is 5.83. The molecule has 0 saturated carbocycles. The normalized spacial score (nSPS) is 19.2. The van der Waals surface area contributed by atoms with E-state index in [1.165, 1.54) is 6.07 Å². The minimum atomic E-state index is -1.51. The minimum Gasteiger partial charge on any atom is -0.494 e. The number of carbonyl (C=O) groups excluding carboxylic acids is 1. The lowest BCUT2D eigenvalue weighted by molar-refractivity contribution is -0.136. The Bertz CT molecular complexity index is 1500. The van der Waals surface area contributed by atoms with Crippen LogP contribution in [0.2, 0.25) is 0 Å². The molecule has 1 unspecified atom stereocenters. The first kappa shape index (κ1) is 29.4. The summed E-state index contributed by atoms with van der Waals surface area (Å²) < 4.78 is 54.5. The van der Waals surface area contributed by atoms with E-state index < -0.39 is 35.1 Å². The van der Waals surface area contributed by atoms with Crippen LogP contribution >= 0.6 is 0 Å². The van der Waals surface area contributed by atoms with Crippen LogP contribution in [0.3, 0.4) is 0 Å². The number of nitrogens with zero attached hydrogens (tertiary/aromatic N) is 2. The second kappa shape index (κ2) is 12.1. The number of carboxylic acids is 1. The smallest absolute Gasteiger partial charge is 0.415 e. The summed E-state index contributed by atoms with van der Waals surface area (Å²) in [6, 6.07) is 12.6. The number of anilines is 1. The summed E-state index contributed by atoms with van der Waals surface area (Å²) in [5, 5.41) is 9.01. The second-order valence-corrected chi connectivity index (χ2v) is 10.9. The monoisotopic (exact) mass is 582 g/mol. The van der Waals surface area contributed by atoms with Crippen molar-refractivity contribution in [1.82, 2.24) is 4.90 Å². The highest BCUT2D eigenvalue weighted by Gasteiger charge is 2.46. The average molecular weight is 583 g/mol. The number of hydrogen-bond donors (Lipinski definition) is 1. The van der Waals surface area contributed by atoms with E-state index in [2.05, 4.69) is 4.90 Å². The summed E-state index contributed by atoms with van der Waals surface area (Å²) in [6.45, 7) is 6.21. The molecule has 7 nitrogen and oxygen atoms in total. The van der Waals surface area contributed by atoms with Crippen LogP contribution in [0.5, 0.6) is 5.75 Å². The van der Waals surface area contributed by atoms with Crippen molar-refractivity contribution in [2.24, 2.45) is 0 Å². The van der Waals surface area contributed by atoms with Crippen LogP contribution in [0.15, 0.2) is 48.5 Å². The van der Waals surface area contributed by atoms with Crippen LogP contribution in [-0.4, -0.2) is 53.9 Å². The molecular weight excluding hydrogens is 549 g/mol. The summed E-state index contributed by atoms with van der Waals surface area (Å²) in [5.41, 5.74) is 2.54. The highest BCUT2D eigenvalue weighted by molar-refractivity contribution is 5.90. The highest BCUT2D eigenvalue weighted by atomic mass is 19.2. The minimum absolute atomic E-state index is 0.0175. The lowest BCUT2D eigenvalue weighted by Crippen LogP contribution is -2.36. The van der Waals surface area contributed by atoms with E-state index >= 15 is 0 Å². The Morgan fingerprint density at radius 2 is 1.79 bits per heavy atom. The van der Waals surface area contributed by atoms with Crippen LogP contribution in [-0.2, 0) is 22.5 Å². The van der Waals surface area contributed by atoms with Gasteiger partial charge < -0.3 is 14.6 Å². The van der Waals surface area contributed by atoms with E-state index in [-0.39, 0.29) is 12.0 Å². The van der Waals surface area contributed by atoms with Gasteiger partial charge in [0, 0.05) is 30.8 Å². The third-order valence-corrected chi connectivity index (χ3v) is 7.98. The van der Waals surface area contributed by atoms with Gasteiger partial charge in [0.15, 0.2) is 17.5 Å². The molecule has 0 bridgehead atoms. The Balaban J connectivity index is 1.35. The summed E-state index contributed by atoms with van der Waals surface area (Å²) in [4.78, 5) is 27.7. The van der Waals surface area contributed by atoms with E-state index in [1.807, 2.05) is 19.9 Å². The van der Waals surface area contributed by atoms with Crippen molar-refractivity contribution >= 4 is 17.7 Å². The summed E-state index contributed by atoms with van der Waals surface area (Å²) in [5.74, 6) is -4.27. The second-order valence-electron chi connectivity index (χ2n) is 10.9. The van der Waals surface area contributed by atoms with Crippen molar-refractivity contribution in [3.05, 3.63) is 82.7 Å². The van der Waals surface area contributed by atoms with Crippen molar-refractivity contribution in [1.29, 1.82) is 0 Å². The van der Waals surface area contributed by atoms with Crippen LogP contribution in [0.1, 0.15) is 42.9 Å². The molecule has 222 valence electrons.